The predicted octanol–water partition coefficient (Wildman–Crippen LogP) is 1.10. The van der Waals surface area contributed by atoms with Gasteiger partial charge in [0, 0.05) is 12.6 Å². The van der Waals surface area contributed by atoms with Gasteiger partial charge >= 0.3 is 0 Å². The number of hydrogen-bond donors (Lipinski definition) is 1. The van der Waals surface area contributed by atoms with E-state index in [1.54, 1.807) is 0 Å². The summed E-state index contributed by atoms with van der Waals surface area (Å²) in [6.45, 7) is 6.92. The zero-order valence-electron chi connectivity index (χ0n) is 7.46. The molecule has 0 aliphatic carbocycles. The molecule has 2 heteroatoms. The fraction of sp³-hybridized carbons (Fsp3) is 1.00. The highest BCUT2D eigenvalue weighted by Gasteiger charge is 2.07. The molecule has 0 saturated carbocycles. The number of aliphatic hydroxyl groups is 1. The minimum absolute atomic E-state index is 0.209. The highest BCUT2D eigenvalue weighted by atomic mass is 16.3. The molecule has 0 bridgehead atoms. The van der Waals surface area contributed by atoms with Gasteiger partial charge < -0.3 is 10.0 Å². The second-order valence-corrected chi connectivity index (χ2v) is 3.05. The Hall–Kier alpha value is -0.0800. The molecule has 0 amide bonds. The molecule has 2 atom stereocenters. The van der Waals surface area contributed by atoms with E-state index >= 15 is 0 Å². The summed E-state index contributed by atoms with van der Waals surface area (Å²) in [6.07, 6.45) is 0.933. The second kappa shape index (κ2) is 4.69. The first-order chi connectivity index (χ1) is 4.57. The van der Waals surface area contributed by atoms with Crippen LogP contribution in [0.25, 0.3) is 0 Å². The molecule has 0 aliphatic rings. The van der Waals surface area contributed by atoms with Gasteiger partial charge in [-0.2, -0.15) is 0 Å². The minimum Gasteiger partial charge on any atom is -0.392 e. The summed E-state index contributed by atoms with van der Waals surface area (Å²) in [5, 5.41) is 9.03. The summed E-state index contributed by atoms with van der Waals surface area (Å²) < 4.78 is 0. The summed E-state index contributed by atoms with van der Waals surface area (Å²) >= 11 is 0. The molecule has 0 radical (unpaired) electrons. The van der Waals surface area contributed by atoms with Crippen LogP contribution in [0.1, 0.15) is 27.2 Å². The molecule has 0 fully saturated rings. The molecule has 0 aromatic rings. The number of nitrogens with zero attached hydrogens (tertiary/aromatic N) is 1. The molecule has 0 aromatic heterocycles. The Labute approximate surface area is 63.8 Å². The molecule has 1 unspecified atom stereocenters. The second-order valence-electron chi connectivity index (χ2n) is 3.05. The first-order valence-electron chi connectivity index (χ1n) is 3.96. The van der Waals surface area contributed by atoms with E-state index in [2.05, 4.69) is 18.7 Å². The third-order valence-electron chi connectivity index (χ3n) is 1.90. The Bertz CT molecular complexity index is 83.3. The molecule has 10 heavy (non-hydrogen) atoms. The number of aliphatic hydroxyl groups excluding tert-OH is 1. The Morgan fingerprint density at radius 1 is 1.40 bits per heavy atom. The Morgan fingerprint density at radius 3 is 2.20 bits per heavy atom. The highest BCUT2D eigenvalue weighted by molar-refractivity contribution is 4.62. The quantitative estimate of drug-likeness (QED) is 0.640. The molecule has 2 nitrogen and oxygen atoms in total. The van der Waals surface area contributed by atoms with Gasteiger partial charge in [-0.15, -0.1) is 0 Å². The van der Waals surface area contributed by atoms with Crippen molar-refractivity contribution in [3.63, 3.8) is 0 Å². The smallest absolute Gasteiger partial charge is 0.0639 e. The lowest BCUT2D eigenvalue weighted by Gasteiger charge is -2.24. The molecule has 0 spiro atoms. The van der Waals surface area contributed by atoms with Gasteiger partial charge in [-0.1, -0.05) is 6.92 Å². The van der Waals surface area contributed by atoms with Crippen molar-refractivity contribution < 1.29 is 5.11 Å². The van der Waals surface area contributed by atoms with Crippen LogP contribution in [-0.4, -0.2) is 35.7 Å². The van der Waals surface area contributed by atoms with Crippen molar-refractivity contribution in [2.45, 2.75) is 39.3 Å². The van der Waals surface area contributed by atoms with E-state index in [0.29, 0.717) is 6.04 Å². The molecule has 1 N–H and O–H groups in total. The zero-order valence-corrected chi connectivity index (χ0v) is 7.46. The summed E-state index contributed by atoms with van der Waals surface area (Å²) in [6, 6.07) is 0.578. The average Bonchev–Trinajstić information content (AvgIpc) is 1.85. The van der Waals surface area contributed by atoms with E-state index in [4.69, 9.17) is 5.11 Å². The van der Waals surface area contributed by atoms with Crippen molar-refractivity contribution in [3.8, 4) is 0 Å². The lowest BCUT2D eigenvalue weighted by Crippen LogP contribution is -2.34. The number of rotatable bonds is 4. The van der Waals surface area contributed by atoms with Crippen LogP contribution in [0.5, 0.6) is 0 Å². The maximum Gasteiger partial charge on any atom is 0.0639 e. The fourth-order valence-corrected chi connectivity index (χ4v) is 0.908. The standard InChI is InChI=1S/C8H19NO/c1-5-7(2)9(4)6-8(3)10/h7-8,10H,5-6H2,1-4H3/t7?,8-/m1/s1. The Morgan fingerprint density at radius 2 is 1.90 bits per heavy atom. The predicted molar refractivity (Wildman–Crippen MR) is 44.1 cm³/mol. The van der Waals surface area contributed by atoms with E-state index in [-0.39, 0.29) is 6.10 Å². The summed E-state index contributed by atoms with van der Waals surface area (Å²) in [4.78, 5) is 2.17. The zero-order chi connectivity index (χ0) is 8.15. The average molecular weight is 145 g/mol. The SMILES string of the molecule is CCC(C)N(C)C[C@@H](C)O. The van der Waals surface area contributed by atoms with Crippen LogP contribution < -0.4 is 0 Å². The maximum absolute atomic E-state index is 9.03. The summed E-state index contributed by atoms with van der Waals surface area (Å²) in [5.41, 5.74) is 0. The lowest BCUT2D eigenvalue weighted by molar-refractivity contribution is 0.120. The van der Waals surface area contributed by atoms with Crippen molar-refractivity contribution in [1.82, 2.24) is 4.90 Å². The lowest BCUT2D eigenvalue weighted by atomic mass is 10.2. The van der Waals surface area contributed by atoms with E-state index in [0.717, 1.165) is 13.0 Å². The van der Waals surface area contributed by atoms with Crippen LogP contribution >= 0.6 is 0 Å². The van der Waals surface area contributed by atoms with Crippen molar-refractivity contribution in [1.29, 1.82) is 0 Å². The molecule has 0 aliphatic heterocycles. The maximum atomic E-state index is 9.03. The number of likely N-dealkylation sites (N-methyl/N-ethyl adjacent to an activating group) is 1. The molecule has 0 heterocycles. The fourth-order valence-electron chi connectivity index (χ4n) is 0.908. The molecular weight excluding hydrogens is 126 g/mol. The van der Waals surface area contributed by atoms with Crippen molar-refractivity contribution in [3.05, 3.63) is 0 Å². The van der Waals surface area contributed by atoms with Crippen molar-refractivity contribution >= 4 is 0 Å². The Balaban J connectivity index is 3.50. The monoisotopic (exact) mass is 145 g/mol. The first-order valence-corrected chi connectivity index (χ1v) is 3.96. The molecule has 62 valence electrons. The van der Waals surface area contributed by atoms with E-state index in [9.17, 15) is 0 Å². The molecular formula is C8H19NO. The van der Waals surface area contributed by atoms with Crippen molar-refractivity contribution in [2.24, 2.45) is 0 Å². The largest absolute Gasteiger partial charge is 0.392 e. The van der Waals surface area contributed by atoms with Crippen LogP contribution in [0.2, 0.25) is 0 Å². The molecule has 0 rings (SSSR count). The van der Waals surface area contributed by atoms with E-state index < -0.39 is 0 Å². The summed E-state index contributed by atoms with van der Waals surface area (Å²) in [5.74, 6) is 0. The van der Waals surface area contributed by atoms with Gasteiger partial charge in [-0.05, 0) is 27.3 Å². The molecule has 0 saturated heterocycles. The van der Waals surface area contributed by atoms with Crippen molar-refractivity contribution in [2.75, 3.05) is 13.6 Å². The van der Waals surface area contributed by atoms with Gasteiger partial charge in [0.15, 0.2) is 0 Å². The summed E-state index contributed by atoms with van der Waals surface area (Å²) in [7, 11) is 2.04. The number of hydrogen-bond acceptors (Lipinski definition) is 2. The Kier molecular flexibility index (Phi) is 4.65. The van der Waals surface area contributed by atoms with Crippen LogP contribution in [-0.2, 0) is 0 Å². The third kappa shape index (κ3) is 3.85. The van der Waals surface area contributed by atoms with Gasteiger partial charge in [0.1, 0.15) is 0 Å². The van der Waals surface area contributed by atoms with E-state index in [1.807, 2.05) is 14.0 Å². The highest BCUT2D eigenvalue weighted by Crippen LogP contribution is 2.00. The topological polar surface area (TPSA) is 23.5 Å². The van der Waals surface area contributed by atoms with Gasteiger partial charge in [0.05, 0.1) is 6.10 Å². The van der Waals surface area contributed by atoms with Crippen LogP contribution in [0.4, 0.5) is 0 Å². The van der Waals surface area contributed by atoms with Gasteiger partial charge in [0.2, 0.25) is 0 Å². The van der Waals surface area contributed by atoms with Gasteiger partial charge in [-0.3, -0.25) is 0 Å². The first kappa shape index (κ1) is 9.92. The van der Waals surface area contributed by atoms with Gasteiger partial charge in [-0.25, -0.2) is 0 Å². The van der Waals surface area contributed by atoms with Crippen LogP contribution in [0, 0.1) is 0 Å². The normalized spacial score (nSPS) is 17.4. The van der Waals surface area contributed by atoms with Crippen LogP contribution in [0.3, 0.4) is 0 Å². The van der Waals surface area contributed by atoms with Gasteiger partial charge in [0.25, 0.3) is 0 Å². The third-order valence-corrected chi connectivity index (χ3v) is 1.90. The minimum atomic E-state index is -0.209. The van der Waals surface area contributed by atoms with Crippen LogP contribution in [0.15, 0.2) is 0 Å². The molecule has 0 aromatic carbocycles. The van der Waals surface area contributed by atoms with E-state index in [1.165, 1.54) is 0 Å².